The van der Waals surface area contributed by atoms with Gasteiger partial charge in [0, 0.05) is 84.7 Å². The maximum Gasteiger partial charge on any atom is 0.267 e. The van der Waals surface area contributed by atoms with E-state index in [9.17, 15) is 19.2 Å². The molecule has 33 heteroatoms. The van der Waals surface area contributed by atoms with Crippen molar-refractivity contribution in [1.82, 2.24) is 85.6 Å². The predicted molar refractivity (Wildman–Crippen MR) is 342 cm³/mol. The molecule has 0 aliphatic heterocycles. The van der Waals surface area contributed by atoms with Gasteiger partial charge in [0.15, 0.2) is 29.7 Å². The van der Waals surface area contributed by atoms with Crippen LogP contribution in [-0.2, 0) is 43.9 Å². The Morgan fingerprint density at radius 2 is 1.25 bits per heavy atom. The second-order valence-corrected chi connectivity index (χ2v) is 24.4. The molecular formula is C52H71Br5N24O4. The number of imidazole rings is 5. The van der Waals surface area contributed by atoms with Gasteiger partial charge in [0.2, 0.25) is 5.91 Å². The lowest BCUT2D eigenvalue weighted by atomic mass is 9.71. The van der Waals surface area contributed by atoms with Gasteiger partial charge in [-0.3, -0.25) is 19.2 Å². The van der Waals surface area contributed by atoms with Gasteiger partial charge >= 0.3 is 0 Å². The van der Waals surface area contributed by atoms with Crippen LogP contribution in [0.4, 0.5) is 29.7 Å². The predicted octanol–water partition coefficient (Wildman–Crippen LogP) is 4.93. The highest BCUT2D eigenvalue weighted by molar-refractivity contribution is 9.13. The van der Waals surface area contributed by atoms with Crippen molar-refractivity contribution in [3.8, 4) is 0 Å². The Kier molecular flexibility index (Phi) is 23.9. The van der Waals surface area contributed by atoms with Crippen molar-refractivity contribution in [1.29, 1.82) is 0 Å². The van der Waals surface area contributed by atoms with Crippen molar-refractivity contribution in [3.63, 3.8) is 0 Å². The minimum atomic E-state index is -0.300. The fourth-order valence-corrected chi connectivity index (χ4v) is 11.8. The molecule has 0 fully saturated rings. The largest absolute Gasteiger partial charge is 0.369 e. The molecule has 2 aliphatic carbocycles. The van der Waals surface area contributed by atoms with Crippen LogP contribution in [0.25, 0.3) is 0 Å². The van der Waals surface area contributed by atoms with E-state index in [1.54, 1.807) is 47.6 Å². The first kappa shape index (κ1) is 65.6. The molecule has 0 bridgehead atoms. The van der Waals surface area contributed by atoms with Gasteiger partial charge in [0.1, 0.15) is 17.1 Å². The highest BCUT2D eigenvalue weighted by atomic mass is 79.9. The lowest BCUT2D eigenvalue weighted by molar-refractivity contribution is -0.121. The first-order valence-corrected chi connectivity index (χ1v) is 31.1. The number of nitrogens with one attached hydrogen (secondary N) is 11. The van der Waals surface area contributed by atoms with Gasteiger partial charge in [-0.05, 0) is 186 Å². The number of aryl methyl sites for hydroxylation is 2. The number of hydrogen-bond acceptors (Lipinski definition) is 16. The van der Waals surface area contributed by atoms with E-state index in [2.05, 4.69) is 161 Å². The lowest BCUT2D eigenvalue weighted by Crippen LogP contribution is -2.44. The number of amides is 4. The van der Waals surface area contributed by atoms with Gasteiger partial charge in [0.25, 0.3) is 17.7 Å². The summed E-state index contributed by atoms with van der Waals surface area (Å²) >= 11 is 16.9. The zero-order valence-electron chi connectivity index (χ0n) is 46.6. The van der Waals surface area contributed by atoms with E-state index in [0.29, 0.717) is 109 Å². The number of fused-ring (bicyclic) bond motifs is 2. The molecule has 458 valence electrons. The highest BCUT2D eigenvalue weighted by Gasteiger charge is 2.41. The molecule has 8 aromatic rings. The topological polar surface area (TPSA) is 478 Å². The van der Waals surface area contributed by atoms with E-state index >= 15 is 0 Å². The molecule has 4 amide bonds. The molecule has 0 saturated carbocycles. The van der Waals surface area contributed by atoms with Gasteiger partial charge in [-0.25, -0.2) is 24.9 Å². The van der Waals surface area contributed by atoms with Crippen LogP contribution in [0, 0.1) is 23.7 Å². The summed E-state index contributed by atoms with van der Waals surface area (Å²) in [6, 6.07) is 5.20. The lowest BCUT2D eigenvalue weighted by Gasteiger charge is -2.37. The number of nitrogen functional groups attached to an aromatic ring is 5. The van der Waals surface area contributed by atoms with Crippen molar-refractivity contribution in [2.75, 3.05) is 67.9 Å². The molecule has 10 rings (SSSR count). The van der Waals surface area contributed by atoms with Crippen LogP contribution in [0.15, 0.2) is 65.6 Å². The Labute approximate surface area is 531 Å². The van der Waals surface area contributed by atoms with E-state index in [4.69, 9.17) is 40.1 Å². The van der Waals surface area contributed by atoms with Gasteiger partial charge in [-0.15, -0.1) is 0 Å². The third-order valence-corrected chi connectivity index (χ3v) is 18.6. The Balaban J connectivity index is 0.000000180. The normalized spacial score (nSPS) is 16.7. The summed E-state index contributed by atoms with van der Waals surface area (Å²) in [6.45, 7) is 5.21. The Morgan fingerprint density at radius 3 is 1.82 bits per heavy atom. The standard InChI is InChI=1S/C22H23Br3N10O2.C12H15Br2N5O.C9H17N5.C9H16N4O/c23-9-2-13(28-5-9)19(36)29-4-8-1-12-17(35-22(27)33-12)16(15-7-31-21(26)34-15)10(8)6-30-20(37)14-3-11(24)18(25)32-14;1-19-9(5-8(13)10(19)14)11(20)16-4-2-3-7-6-17-12(15)18-7;10-3-5-1-7-8(2-6(5)4-11)14-9(12)13-7;1-2-11-8(14)5-3-4-7-6-12-9(10)13-7/h2-3,5,7-8,10,16,28,32H,1,4,6H2,(H,29,36)(H,30,37)(H3,26,31,34)(H3,27,33,35);5-6H,2-4H2,1H3,(H,16,20)(H3,15,17,18);5-6H,1-4,10-11H2,(H3,12,13,14);6H,2-5H2,1H3,(H,11,14)(H3,10,12,13)/t8-,10-,16-;;5-,6-;/m1.1./s1. The van der Waals surface area contributed by atoms with Gasteiger partial charge in [0.05, 0.1) is 48.1 Å². The zero-order chi connectivity index (χ0) is 61.5. The summed E-state index contributed by atoms with van der Waals surface area (Å²) in [7, 11) is 1.83. The van der Waals surface area contributed by atoms with E-state index in [1.165, 1.54) is 0 Å². The molecule has 28 nitrogen and oxygen atoms in total. The number of hydrogen-bond donors (Lipinski definition) is 18. The van der Waals surface area contributed by atoms with Crippen LogP contribution in [0.3, 0.4) is 0 Å². The summed E-state index contributed by atoms with van der Waals surface area (Å²) in [5.41, 5.74) is 47.9. The summed E-state index contributed by atoms with van der Waals surface area (Å²) in [4.78, 5) is 90.8. The average molecular weight is 1500 g/mol. The SMILES string of the molecule is CCNC(=O)CCCc1cnc(N)[nH]1.Cn1c(C(=O)NCCCc2cnc(N)[nH]2)cc(Br)c1Br.NC[C@H]1Cc2nc(N)[nH]c2C[C@@H]1CN.Nc1ncc([C@@H]2c3nc(N)[nH]c3C[C@H](CNC(=O)c3cc(Br)c[nH]3)[C@H]2CNC(=O)c2cc(Br)c(Br)[nH]2)[nH]1. The van der Waals surface area contributed by atoms with E-state index in [0.717, 1.165) is 96.4 Å². The second kappa shape index (κ2) is 30.9. The molecule has 85 heavy (non-hydrogen) atoms. The summed E-state index contributed by atoms with van der Waals surface area (Å²) in [5, 5.41) is 11.7. The molecular weight excluding hydrogens is 1420 g/mol. The third-order valence-electron chi connectivity index (χ3n) is 14.3. The number of anilines is 5. The van der Waals surface area contributed by atoms with Crippen LogP contribution in [0.2, 0.25) is 0 Å². The van der Waals surface area contributed by atoms with E-state index in [1.807, 2.05) is 14.0 Å². The van der Waals surface area contributed by atoms with Gasteiger partial charge < -0.3 is 101 Å². The fraction of sp³-hybridized carbons (Fsp3) is 0.404. The van der Waals surface area contributed by atoms with E-state index < -0.39 is 0 Å². The summed E-state index contributed by atoms with van der Waals surface area (Å²) < 4.78 is 5.69. The molecule has 2 aliphatic rings. The van der Waals surface area contributed by atoms with Crippen molar-refractivity contribution in [3.05, 3.63) is 123 Å². The number of aromatic nitrogens is 13. The average Bonchev–Trinajstić information content (AvgIpc) is 2.34. The minimum absolute atomic E-state index is 0.0772. The number of carbonyl (C=O) groups excluding carboxylic acids is 4. The molecule has 5 atom stereocenters. The Morgan fingerprint density at radius 1 is 0.635 bits per heavy atom. The van der Waals surface area contributed by atoms with Crippen LogP contribution in [-0.4, -0.2) is 127 Å². The highest BCUT2D eigenvalue weighted by Crippen LogP contribution is 2.43. The maximum absolute atomic E-state index is 13.0. The van der Waals surface area contributed by atoms with Crippen molar-refractivity contribution < 1.29 is 19.2 Å². The van der Waals surface area contributed by atoms with Crippen molar-refractivity contribution >= 4 is 133 Å². The quantitative estimate of drug-likeness (QED) is 0.0477. The number of halogens is 5. The second-order valence-electron chi connectivity index (χ2n) is 20.2. The molecule has 25 N–H and O–H groups in total. The van der Waals surface area contributed by atoms with Crippen LogP contribution >= 0.6 is 79.6 Å². The number of rotatable bonds is 19. The first-order chi connectivity index (χ1) is 40.6. The fourth-order valence-electron chi connectivity index (χ4n) is 10.1. The van der Waals surface area contributed by atoms with Crippen LogP contribution in [0.1, 0.15) is 103 Å². The summed E-state index contributed by atoms with van der Waals surface area (Å²) in [6.07, 6.45) is 13.0. The molecule has 0 unspecified atom stereocenters. The Hall–Kier alpha value is -6.91. The number of nitrogens with zero attached hydrogens (tertiary/aromatic N) is 6. The van der Waals surface area contributed by atoms with Gasteiger partial charge in [-0.2, -0.15) is 0 Å². The van der Waals surface area contributed by atoms with Crippen LogP contribution in [0.5, 0.6) is 0 Å². The third kappa shape index (κ3) is 18.1. The zero-order valence-corrected chi connectivity index (χ0v) is 54.5. The molecule has 0 aromatic carbocycles. The minimum Gasteiger partial charge on any atom is -0.369 e. The maximum atomic E-state index is 13.0. The monoisotopic (exact) mass is 1490 g/mol. The van der Waals surface area contributed by atoms with E-state index in [-0.39, 0.29) is 47.3 Å². The first-order valence-electron chi connectivity index (χ1n) is 27.1. The smallest absolute Gasteiger partial charge is 0.267 e. The number of H-pyrrole nitrogens is 7. The van der Waals surface area contributed by atoms with Gasteiger partial charge in [-0.1, -0.05) is 0 Å². The molecule has 8 heterocycles. The van der Waals surface area contributed by atoms with Crippen molar-refractivity contribution in [2.45, 2.75) is 64.2 Å². The number of nitrogens with two attached hydrogens (primary N) is 7. The molecule has 8 aromatic heterocycles. The van der Waals surface area contributed by atoms with Crippen molar-refractivity contribution in [2.24, 2.45) is 42.2 Å². The number of aromatic amines is 7. The van der Waals surface area contributed by atoms with Crippen LogP contribution < -0.4 is 61.4 Å². The number of carbonyl (C=O) groups is 4. The molecule has 0 radical (unpaired) electrons. The molecule has 0 spiro atoms. The molecule has 0 saturated heterocycles. The Bertz CT molecular complexity index is 3450. The summed E-state index contributed by atoms with van der Waals surface area (Å²) in [5.74, 6) is 1.81.